The van der Waals surface area contributed by atoms with Gasteiger partial charge in [-0.05, 0) is 55.7 Å². The Morgan fingerprint density at radius 2 is 1.71 bits per heavy atom. The monoisotopic (exact) mass is 466 g/mol. The summed E-state index contributed by atoms with van der Waals surface area (Å²) in [6, 6.07) is 9.91. The molecule has 1 aliphatic carbocycles. The van der Waals surface area contributed by atoms with E-state index in [0.717, 1.165) is 36.1 Å². The zero-order valence-electron chi connectivity index (χ0n) is 18.7. The number of aromatic nitrogens is 5. The van der Waals surface area contributed by atoms with Gasteiger partial charge in [-0.3, -0.25) is 14.6 Å². The van der Waals surface area contributed by atoms with Crippen molar-refractivity contribution in [1.82, 2.24) is 30.2 Å². The maximum Gasteiger partial charge on any atom is 0.260 e. The number of carbonyl (C=O) groups excluding carboxylic acids is 2. The normalized spacial score (nSPS) is 14.6. The molecule has 4 N–H and O–H groups in total. The molecule has 174 valence electrons. The van der Waals surface area contributed by atoms with Gasteiger partial charge in [-0.25, -0.2) is 19.9 Å². The summed E-state index contributed by atoms with van der Waals surface area (Å²) in [5.41, 5.74) is 8.87. The largest absolute Gasteiger partial charge is 0.383 e. The highest BCUT2D eigenvalue weighted by atomic mass is 16.2. The lowest BCUT2D eigenvalue weighted by Gasteiger charge is -2.26. The van der Waals surface area contributed by atoms with Crippen molar-refractivity contribution in [2.24, 2.45) is 0 Å². The predicted molar refractivity (Wildman–Crippen MR) is 129 cm³/mol. The Morgan fingerprint density at radius 1 is 0.914 bits per heavy atom. The number of nitrogens with zero attached hydrogens (tertiary/aromatic N) is 5. The molecule has 0 saturated carbocycles. The van der Waals surface area contributed by atoms with Crippen LogP contribution in [0.15, 0.2) is 67.4 Å². The Hall–Kier alpha value is -4.73. The van der Waals surface area contributed by atoms with Crippen LogP contribution in [0.25, 0.3) is 11.4 Å². The molecule has 0 bridgehead atoms. The van der Waals surface area contributed by atoms with E-state index in [9.17, 15) is 9.59 Å². The molecule has 10 heteroatoms. The van der Waals surface area contributed by atoms with E-state index in [0.29, 0.717) is 5.82 Å². The van der Waals surface area contributed by atoms with Gasteiger partial charge in [0.25, 0.3) is 11.8 Å². The molecule has 4 aromatic heterocycles. The first-order valence-electron chi connectivity index (χ1n) is 11.1. The second-order valence-corrected chi connectivity index (χ2v) is 8.05. The van der Waals surface area contributed by atoms with Crippen LogP contribution in [0.1, 0.15) is 50.9 Å². The number of carbonyl (C=O) groups is 2. The summed E-state index contributed by atoms with van der Waals surface area (Å²) < 4.78 is 0. The number of amides is 2. The molecule has 0 spiro atoms. The number of nitrogens with one attached hydrogen (secondary N) is 2. The molecule has 0 aromatic carbocycles. The fraction of sp³-hybridized carbons (Fsp3) is 0.160. The van der Waals surface area contributed by atoms with Gasteiger partial charge in [-0.15, -0.1) is 0 Å². The van der Waals surface area contributed by atoms with Gasteiger partial charge in [-0.2, -0.15) is 0 Å². The highest BCUT2D eigenvalue weighted by molar-refractivity contribution is 6.10. The predicted octanol–water partition coefficient (Wildman–Crippen LogP) is 2.97. The standard InChI is InChI=1S/C25H22N8O2/c26-21-16(6-3-11-28-21)24(34)33-23-17(7-4-12-29-23)25(35)32-20-9-1-8-19-18(20)14-30-22(31-19)15-5-2-10-27-13-15/h2-7,10-14,20H,1,8-9H2,(H2,26,28)(H,32,35)(H,29,33,34). The highest BCUT2D eigenvalue weighted by Crippen LogP contribution is 2.30. The van der Waals surface area contributed by atoms with Crippen LogP contribution in [-0.2, 0) is 6.42 Å². The first kappa shape index (κ1) is 22.1. The van der Waals surface area contributed by atoms with E-state index in [1.54, 1.807) is 42.9 Å². The molecule has 1 atom stereocenters. The van der Waals surface area contributed by atoms with E-state index in [4.69, 9.17) is 10.7 Å². The number of anilines is 2. The van der Waals surface area contributed by atoms with Crippen molar-refractivity contribution in [2.45, 2.75) is 25.3 Å². The summed E-state index contributed by atoms with van der Waals surface area (Å²) in [5, 5.41) is 5.72. The van der Waals surface area contributed by atoms with Gasteiger partial charge in [0.15, 0.2) is 5.82 Å². The van der Waals surface area contributed by atoms with E-state index in [-0.39, 0.29) is 34.7 Å². The molecule has 4 heterocycles. The van der Waals surface area contributed by atoms with Gasteiger partial charge < -0.3 is 16.4 Å². The minimum atomic E-state index is -0.498. The van der Waals surface area contributed by atoms with Gasteiger partial charge >= 0.3 is 0 Å². The fourth-order valence-electron chi connectivity index (χ4n) is 4.04. The first-order chi connectivity index (χ1) is 17.1. The van der Waals surface area contributed by atoms with Crippen molar-refractivity contribution in [3.05, 3.63) is 89.8 Å². The van der Waals surface area contributed by atoms with Crippen LogP contribution in [0.4, 0.5) is 11.6 Å². The lowest BCUT2D eigenvalue weighted by molar-refractivity contribution is 0.0933. The Balaban J connectivity index is 1.36. The number of rotatable bonds is 5. The summed E-state index contributed by atoms with van der Waals surface area (Å²) in [7, 11) is 0. The molecule has 1 aliphatic rings. The number of fused-ring (bicyclic) bond motifs is 1. The molecule has 4 aromatic rings. The van der Waals surface area contributed by atoms with Crippen LogP contribution in [-0.4, -0.2) is 36.7 Å². The van der Waals surface area contributed by atoms with Crippen molar-refractivity contribution in [1.29, 1.82) is 0 Å². The van der Waals surface area contributed by atoms with Crippen molar-refractivity contribution in [2.75, 3.05) is 11.1 Å². The average molecular weight is 467 g/mol. The fourth-order valence-corrected chi connectivity index (χ4v) is 4.04. The summed E-state index contributed by atoms with van der Waals surface area (Å²) in [6.45, 7) is 0. The van der Waals surface area contributed by atoms with E-state index in [1.807, 2.05) is 12.1 Å². The number of nitrogen functional groups attached to an aromatic ring is 1. The Morgan fingerprint density at radius 3 is 2.51 bits per heavy atom. The lowest BCUT2D eigenvalue weighted by Crippen LogP contribution is -2.32. The van der Waals surface area contributed by atoms with Gasteiger partial charge in [0.05, 0.1) is 17.2 Å². The van der Waals surface area contributed by atoms with Gasteiger partial charge in [0.1, 0.15) is 11.6 Å². The molecule has 0 fully saturated rings. The van der Waals surface area contributed by atoms with Crippen LogP contribution in [0.2, 0.25) is 0 Å². The quantitative estimate of drug-likeness (QED) is 0.406. The van der Waals surface area contributed by atoms with Gasteiger partial charge in [0, 0.05) is 47.8 Å². The zero-order chi connectivity index (χ0) is 24.2. The zero-order valence-corrected chi connectivity index (χ0v) is 18.7. The van der Waals surface area contributed by atoms with Crippen molar-refractivity contribution >= 4 is 23.5 Å². The molecule has 10 nitrogen and oxygen atoms in total. The van der Waals surface area contributed by atoms with E-state index in [2.05, 4.69) is 30.6 Å². The molecular weight excluding hydrogens is 444 g/mol. The summed E-state index contributed by atoms with van der Waals surface area (Å²) >= 11 is 0. The minimum absolute atomic E-state index is 0.0939. The SMILES string of the molecule is Nc1ncccc1C(=O)Nc1ncccc1C(=O)NC1CCCc2nc(-c3cccnc3)ncc21. The van der Waals surface area contributed by atoms with Crippen molar-refractivity contribution in [3.8, 4) is 11.4 Å². The maximum absolute atomic E-state index is 13.2. The second kappa shape index (κ2) is 9.64. The highest BCUT2D eigenvalue weighted by Gasteiger charge is 2.26. The third-order valence-electron chi connectivity index (χ3n) is 5.77. The molecule has 0 saturated heterocycles. The number of aryl methyl sites for hydroxylation is 1. The van der Waals surface area contributed by atoms with Crippen molar-refractivity contribution in [3.63, 3.8) is 0 Å². The molecule has 0 radical (unpaired) electrons. The summed E-state index contributed by atoms with van der Waals surface area (Å²) in [5.74, 6) is -0.0194. The van der Waals surface area contributed by atoms with E-state index >= 15 is 0 Å². The number of pyridine rings is 3. The minimum Gasteiger partial charge on any atom is -0.383 e. The molecule has 0 aliphatic heterocycles. The molecular formula is C25H22N8O2. The summed E-state index contributed by atoms with van der Waals surface area (Å²) in [6.07, 6.45) is 10.6. The van der Waals surface area contributed by atoms with Gasteiger partial charge in [-0.1, -0.05) is 0 Å². The Kier molecular flexibility index (Phi) is 6.08. The first-order valence-corrected chi connectivity index (χ1v) is 11.1. The molecule has 2 amide bonds. The second-order valence-electron chi connectivity index (χ2n) is 8.05. The smallest absolute Gasteiger partial charge is 0.260 e. The maximum atomic E-state index is 13.2. The third kappa shape index (κ3) is 4.67. The Labute approximate surface area is 201 Å². The van der Waals surface area contributed by atoms with Crippen LogP contribution in [0.3, 0.4) is 0 Å². The number of hydrogen-bond donors (Lipinski definition) is 3. The van der Waals surface area contributed by atoms with Crippen LogP contribution in [0, 0.1) is 0 Å². The van der Waals surface area contributed by atoms with E-state index in [1.165, 1.54) is 12.4 Å². The Bertz CT molecular complexity index is 1390. The topological polar surface area (TPSA) is 149 Å². The number of hydrogen-bond acceptors (Lipinski definition) is 8. The molecule has 5 rings (SSSR count). The summed E-state index contributed by atoms with van der Waals surface area (Å²) in [4.78, 5) is 47.4. The lowest BCUT2D eigenvalue weighted by atomic mass is 9.92. The molecule has 1 unspecified atom stereocenters. The van der Waals surface area contributed by atoms with Crippen molar-refractivity contribution < 1.29 is 9.59 Å². The van der Waals surface area contributed by atoms with Gasteiger partial charge in [0.2, 0.25) is 0 Å². The van der Waals surface area contributed by atoms with Crippen LogP contribution < -0.4 is 16.4 Å². The van der Waals surface area contributed by atoms with Crippen LogP contribution >= 0.6 is 0 Å². The number of nitrogens with two attached hydrogens (primary N) is 1. The average Bonchev–Trinajstić information content (AvgIpc) is 2.89. The van der Waals surface area contributed by atoms with Crippen LogP contribution in [0.5, 0.6) is 0 Å². The third-order valence-corrected chi connectivity index (χ3v) is 5.77. The molecule has 35 heavy (non-hydrogen) atoms. The van der Waals surface area contributed by atoms with E-state index < -0.39 is 5.91 Å².